The minimum absolute atomic E-state index is 0.403. The Morgan fingerprint density at radius 1 is 1.04 bits per heavy atom. The van der Waals surface area contributed by atoms with E-state index in [2.05, 4.69) is 15.2 Å². The molecule has 3 heterocycles. The molecule has 1 aliphatic rings. The molecule has 5 nitrogen and oxygen atoms in total. The highest BCUT2D eigenvalue weighted by Crippen LogP contribution is 2.37. The fraction of sp³-hybridized carbons (Fsp3) is 0.333. The second-order valence-corrected chi connectivity index (χ2v) is 7.33. The van der Waals surface area contributed by atoms with E-state index in [0.29, 0.717) is 11.3 Å². The lowest BCUT2D eigenvalue weighted by Gasteiger charge is -2.32. The van der Waals surface area contributed by atoms with Crippen molar-refractivity contribution in [2.45, 2.75) is 38.9 Å². The van der Waals surface area contributed by atoms with Gasteiger partial charge in [0.05, 0.1) is 16.7 Å². The topological polar surface area (TPSA) is 60.0 Å². The molecule has 128 valence electrons. The van der Waals surface area contributed by atoms with Crippen LogP contribution in [0.1, 0.15) is 27.7 Å². The summed E-state index contributed by atoms with van der Waals surface area (Å²) in [4.78, 5) is 3.60. The number of nitrogens with zero attached hydrogens (tertiary/aromatic N) is 2. The van der Waals surface area contributed by atoms with E-state index in [0.717, 1.165) is 16.4 Å². The van der Waals surface area contributed by atoms with Gasteiger partial charge in [-0.2, -0.15) is 9.49 Å². The van der Waals surface area contributed by atoms with Crippen molar-refractivity contribution in [3.8, 4) is 11.3 Å². The summed E-state index contributed by atoms with van der Waals surface area (Å²) in [6.07, 6.45) is 1.43. The summed E-state index contributed by atoms with van der Waals surface area (Å²) in [5, 5.41) is 8.20. The quantitative estimate of drug-likeness (QED) is 0.576. The SMILES string of the molecule is CC1(C)OB(c2ccc3[nH]nc(-c4ccnc(F)c4)c3c2)OC1(C)C. The van der Waals surface area contributed by atoms with Gasteiger partial charge in [-0.3, -0.25) is 5.10 Å². The van der Waals surface area contributed by atoms with Crippen molar-refractivity contribution in [1.82, 2.24) is 15.2 Å². The van der Waals surface area contributed by atoms with Gasteiger partial charge in [0.15, 0.2) is 0 Å². The molecule has 1 aliphatic heterocycles. The largest absolute Gasteiger partial charge is 0.494 e. The van der Waals surface area contributed by atoms with Crippen LogP contribution < -0.4 is 5.46 Å². The van der Waals surface area contributed by atoms with E-state index in [9.17, 15) is 4.39 Å². The van der Waals surface area contributed by atoms with Crippen LogP contribution in [-0.4, -0.2) is 33.5 Å². The molecular formula is C18H19BFN3O2. The molecule has 1 fully saturated rings. The number of pyridine rings is 1. The number of hydrogen-bond donors (Lipinski definition) is 1. The Bertz CT molecular complexity index is 938. The first kappa shape index (κ1) is 16.2. The number of aromatic nitrogens is 3. The Hall–Kier alpha value is -2.25. The number of rotatable bonds is 2. The Balaban J connectivity index is 1.77. The lowest BCUT2D eigenvalue weighted by Crippen LogP contribution is -2.41. The summed E-state index contributed by atoms with van der Waals surface area (Å²) in [6, 6.07) is 8.98. The Labute approximate surface area is 145 Å². The van der Waals surface area contributed by atoms with Gasteiger partial charge < -0.3 is 9.31 Å². The molecule has 0 atom stereocenters. The lowest BCUT2D eigenvalue weighted by atomic mass is 9.78. The highest BCUT2D eigenvalue weighted by molar-refractivity contribution is 6.62. The van der Waals surface area contributed by atoms with Gasteiger partial charge in [0, 0.05) is 23.2 Å². The third-order valence-corrected chi connectivity index (χ3v) is 5.11. The summed E-state index contributed by atoms with van der Waals surface area (Å²) in [6.45, 7) is 8.09. The minimum Gasteiger partial charge on any atom is -0.399 e. The summed E-state index contributed by atoms with van der Waals surface area (Å²) in [5.74, 6) is -0.532. The summed E-state index contributed by atoms with van der Waals surface area (Å²) in [5.41, 5.74) is 2.32. The normalized spacial score (nSPS) is 18.8. The smallest absolute Gasteiger partial charge is 0.399 e. The number of nitrogens with one attached hydrogen (secondary N) is 1. The Morgan fingerprint density at radius 2 is 1.76 bits per heavy atom. The fourth-order valence-corrected chi connectivity index (χ4v) is 2.93. The minimum atomic E-state index is -0.532. The molecule has 0 aliphatic carbocycles. The first-order chi connectivity index (χ1) is 11.8. The van der Waals surface area contributed by atoms with Gasteiger partial charge in [-0.05, 0) is 45.3 Å². The monoisotopic (exact) mass is 339 g/mol. The Kier molecular flexibility index (Phi) is 3.49. The molecule has 1 aromatic carbocycles. The number of benzene rings is 1. The molecule has 25 heavy (non-hydrogen) atoms. The number of aromatic amines is 1. The van der Waals surface area contributed by atoms with Crippen molar-refractivity contribution in [2.24, 2.45) is 0 Å². The van der Waals surface area contributed by atoms with Crippen molar-refractivity contribution >= 4 is 23.5 Å². The van der Waals surface area contributed by atoms with Gasteiger partial charge in [-0.15, -0.1) is 0 Å². The number of fused-ring (bicyclic) bond motifs is 1. The summed E-state index contributed by atoms with van der Waals surface area (Å²) in [7, 11) is -0.452. The van der Waals surface area contributed by atoms with E-state index in [-0.39, 0.29) is 0 Å². The van der Waals surface area contributed by atoms with Gasteiger partial charge in [0.2, 0.25) is 5.95 Å². The van der Waals surface area contributed by atoms with Gasteiger partial charge in [0.1, 0.15) is 5.69 Å². The van der Waals surface area contributed by atoms with E-state index in [1.165, 1.54) is 12.3 Å². The van der Waals surface area contributed by atoms with Crippen LogP contribution in [-0.2, 0) is 9.31 Å². The molecule has 0 saturated carbocycles. The zero-order chi connectivity index (χ0) is 17.8. The highest BCUT2D eigenvalue weighted by Gasteiger charge is 2.51. The van der Waals surface area contributed by atoms with E-state index >= 15 is 0 Å². The average Bonchev–Trinajstić information content (AvgIpc) is 3.05. The van der Waals surface area contributed by atoms with Crippen LogP contribution in [0.3, 0.4) is 0 Å². The van der Waals surface area contributed by atoms with Gasteiger partial charge in [-0.1, -0.05) is 12.1 Å². The molecule has 3 aromatic rings. The van der Waals surface area contributed by atoms with Crippen LogP contribution in [0.2, 0.25) is 0 Å². The van der Waals surface area contributed by atoms with Crippen LogP contribution in [0.25, 0.3) is 22.2 Å². The Morgan fingerprint density at radius 3 is 2.44 bits per heavy atom. The zero-order valence-corrected chi connectivity index (χ0v) is 14.6. The molecule has 4 rings (SSSR count). The average molecular weight is 339 g/mol. The fourth-order valence-electron chi connectivity index (χ4n) is 2.93. The standard InChI is InChI=1S/C18H19BFN3O2/c1-17(2)18(3,4)25-19(24-17)12-5-6-14-13(10-12)16(23-22-14)11-7-8-21-15(20)9-11/h5-10H,1-4H3,(H,22,23). The summed E-state index contributed by atoms with van der Waals surface area (Å²) < 4.78 is 25.7. The van der Waals surface area contributed by atoms with Gasteiger partial charge in [0.25, 0.3) is 0 Å². The number of halogens is 1. The second kappa shape index (κ2) is 5.38. The molecule has 0 radical (unpaired) electrons. The maximum atomic E-state index is 13.5. The summed E-state index contributed by atoms with van der Waals surface area (Å²) >= 11 is 0. The molecule has 2 aromatic heterocycles. The molecule has 1 saturated heterocycles. The van der Waals surface area contributed by atoms with Crippen molar-refractivity contribution < 1.29 is 13.7 Å². The second-order valence-electron chi connectivity index (χ2n) is 7.33. The van der Waals surface area contributed by atoms with Crippen molar-refractivity contribution in [3.05, 3.63) is 42.5 Å². The van der Waals surface area contributed by atoms with Crippen LogP contribution >= 0.6 is 0 Å². The van der Waals surface area contributed by atoms with Crippen LogP contribution in [0.5, 0.6) is 0 Å². The molecule has 0 spiro atoms. The number of hydrogen-bond acceptors (Lipinski definition) is 4. The van der Waals surface area contributed by atoms with Crippen molar-refractivity contribution in [3.63, 3.8) is 0 Å². The first-order valence-electron chi connectivity index (χ1n) is 8.22. The van der Waals surface area contributed by atoms with E-state index in [1.54, 1.807) is 6.07 Å². The number of H-pyrrole nitrogens is 1. The van der Waals surface area contributed by atoms with E-state index in [4.69, 9.17) is 9.31 Å². The maximum Gasteiger partial charge on any atom is 0.494 e. The van der Waals surface area contributed by atoms with Crippen LogP contribution in [0.4, 0.5) is 4.39 Å². The predicted molar refractivity (Wildman–Crippen MR) is 95.0 cm³/mol. The molecule has 1 N–H and O–H groups in total. The third-order valence-electron chi connectivity index (χ3n) is 5.11. The van der Waals surface area contributed by atoms with Crippen LogP contribution in [0, 0.1) is 5.95 Å². The molecule has 0 bridgehead atoms. The van der Waals surface area contributed by atoms with Crippen molar-refractivity contribution in [2.75, 3.05) is 0 Å². The van der Waals surface area contributed by atoms with Gasteiger partial charge >= 0.3 is 7.12 Å². The van der Waals surface area contributed by atoms with E-state index < -0.39 is 24.3 Å². The molecule has 0 unspecified atom stereocenters. The van der Waals surface area contributed by atoms with Crippen molar-refractivity contribution in [1.29, 1.82) is 0 Å². The molecule has 7 heteroatoms. The first-order valence-corrected chi connectivity index (χ1v) is 8.22. The third kappa shape index (κ3) is 2.64. The predicted octanol–water partition coefficient (Wildman–Crippen LogP) is 3.06. The molecule has 0 amide bonds. The zero-order valence-electron chi connectivity index (χ0n) is 14.6. The lowest BCUT2D eigenvalue weighted by molar-refractivity contribution is 0.00578. The van der Waals surface area contributed by atoms with Gasteiger partial charge in [-0.25, -0.2) is 4.98 Å². The van der Waals surface area contributed by atoms with E-state index in [1.807, 2.05) is 45.9 Å². The molecular weight excluding hydrogens is 320 g/mol. The van der Waals surface area contributed by atoms with Crippen LogP contribution in [0.15, 0.2) is 36.5 Å². The highest BCUT2D eigenvalue weighted by atomic mass is 19.1. The maximum absolute atomic E-state index is 13.5.